The van der Waals surface area contributed by atoms with Gasteiger partial charge in [0, 0.05) is 11.6 Å². The number of carbonyl (C=O) groups excluding carboxylic acids is 1. The molecule has 5 rings (SSSR count). The fourth-order valence-corrected chi connectivity index (χ4v) is 5.61. The predicted molar refractivity (Wildman–Crippen MR) is 158 cm³/mol. The molecule has 3 aromatic carbocycles. The lowest BCUT2D eigenvalue weighted by Gasteiger charge is -2.26. The quantitative estimate of drug-likeness (QED) is 0.186. The summed E-state index contributed by atoms with van der Waals surface area (Å²) < 4.78 is 18.2. The Labute approximate surface area is 239 Å². The van der Waals surface area contributed by atoms with Gasteiger partial charge in [-0.05, 0) is 73.7 Å². The molecule has 1 amide bonds. The summed E-state index contributed by atoms with van der Waals surface area (Å²) in [5.41, 5.74) is 3.84. The van der Waals surface area contributed by atoms with Crippen molar-refractivity contribution in [2.45, 2.75) is 59.5 Å². The molecule has 0 N–H and O–H groups in total. The fourth-order valence-electron chi connectivity index (χ4n) is 5.41. The molecule has 1 unspecified atom stereocenters. The van der Waals surface area contributed by atoms with E-state index in [0.29, 0.717) is 46.3 Å². The lowest BCUT2D eigenvalue weighted by atomic mass is 9.96. The van der Waals surface area contributed by atoms with E-state index in [9.17, 15) is 9.59 Å². The van der Waals surface area contributed by atoms with E-state index >= 15 is 0 Å². The van der Waals surface area contributed by atoms with Gasteiger partial charge in [0.1, 0.15) is 5.58 Å². The van der Waals surface area contributed by atoms with E-state index in [-0.39, 0.29) is 23.6 Å². The maximum atomic E-state index is 14.1. The average Bonchev–Trinajstić information content (AvgIpc) is 3.21. The van der Waals surface area contributed by atoms with Crippen molar-refractivity contribution in [1.29, 1.82) is 0 Å². The number of hydrogen-bond donors (Lipinski definition) is 0. The molecule has 0 bridgehead atoms. The Kier molecular flexibility index (Phi) is 8.17. The number of hydrogen-bond acceptors (Lipinski definition) is 5. The Bertz CT molecular complexity index is 1630. The molecule has 1 aliphatic rings. The van der Waals surface area contributed by atoms with Crippen molar-refractivity contribution in [2.24, 2.45) is 0 Å². The van der Waals surface area contributed by atoms with Crippen LogP contribution in [0.5, 0.6) is 11.5 Å². The first-order valence-corrected chi connectivity index (χ1v) is 14.2. The standard InChI is InChI=1S/C33H34ClNO5/c1-5-7-10-15-39-26-14-13-22(18-27(26)38-6-2)29-28-30(36)24-17-20(3)16-21(4)31(24)40-32(28)33(37)35(29)19-23-11-8-9-12-25(23)34/h8-9,11-14,16-18,29H,5-7,10,15,19H2,1-4H3. The van der Waals surface area contributed by atoms with Crippen LogP contribution in [0.25, 0.3) is 11.0 Å². The van der Waals surface area contributed by atoms with Crippen molar-refractivity contribution in [3.05, 3.63) is 103 Å². The molecule has 208 valence electrons. The minimum absolute atomic E-state index is 0.0689. The molecular weight excluding hydrogens is 526 g/mol. The molecule has 0 radical (unpaired) electrons. The van der Waals surface area contributed by atoms with Gasteiger partial charge in [-0.25, -0.2) is 0 Å². The van der Waals surface area contributed by atoms with Crippen molar-refractivity contribution in [3.8, 4) is 11.5 Å². The summed E-state index contributed by atoms with van der Waals surface area (Å²) in [4.78, 5) is 29.7. The van der Waals surface area contributed by atoms with Crippen molar-refractivity contribution in [2.75, 3.05) is 13.2 Å². The molecule has 7 heteroatoms. The summed E-state index contributed by atoms with van der Waals surface area (Å²) in [6.45, 7) is 9.14. The summed E-state index contributed by atoms with van der Waals surface area (Å²) in [5.74, 6) is 0.934. The summed E-state index contributed by atoms with van der Waals surface area (Å²) >= 11 is 6.51. The van der Waals surface area contributed by atoms with E-state index in [0.717, 1.165) is 41.5 Å². The highest BCUT2D eigenvalue weighted by atomic mass is 35.5. The third kappa shape index (κ3) is 5.20. The number of rotatable bonds is 10. The minimum atomic E-state index is -0.686. The minimum Gasteiger partial charge on any atom is -0.490 e. The van der Waals surface area contributed by atoms with Crippen molar-refractivity contribution >= 4 is 28.5 Å². The number of carbonyl (C=O) groups is 1. The second kappa shape index (κ2) is 11.8. The summed E-state index contributed by atoms with van der Waals surface area (Å²) in [6.07, 6.45) is 3.14. The smallest absolute Gasteiger partial charge is 0.291 e. The zero-order valence-electron chi connectivity index (χ0n) is 23.4. The van der Waals surface area contributed by atoms with Crippen LogP contribution in [0.4, 0.5) is 0 Å². The van der Waals surface area contributed by atoms with Crippen LogP contribution >= 0.6 is 11.6 Å². The van der Waals surface area contributed by atoms with Gasteiger partial charge in [0.2, 0.25) is 5.76 Å². The predicted octanol–water partition coefficient (Wildman–Crippen LogP) is 7.78. The second-order valence-electron chi connectivity index (χ2n) is 10.3. The molecule has 0 fully saturated rings. The Morgan fingerprint density at radius 2 is 1.75 bits per heavy atom. The molecule has 4 aromatic rings. The highest BCUT2D eigenvalue weighted by molar-refractivity contribution is 6.31. The Balaban J connectivity index is 1.67. The van der Waals surface area contributed by atoms with Crippen LogP contribution in [0.1, 0.15) is 77.5 Å². The van der Waals surface area contributed by atoms with E-state index in [2.05, 4.69) is 6.92 Å². The van der Waals surface area contributed by atoms with Crippen LogP contribution in [-0.2, 0) is 6.54 Å². The molecule has 0 spiro atoms. The van der Waals surface area contributed by atoms with Gasteiger partial charge in [-0.1, -0.05) is 61.7 Å². The maximum absolute atomic E-state index is 14.1. The van der Waals surface area contributed by atoms with Gasteiger partial charge < -0.3 is 18.8 Å². The van der Waals surface area contributed by atoms with E-state index in [1.54, 1.807) is 11.0 Å². The summed E-state index contributed by atoms with van der Waals surface area (Å²) in [5, 5.41) is 1.02. The molecule has 40 heavy (non-hydrogen) atoms. The summed E-state index contributed by atoms with van der Waals surface area (Å²) in [6, 6.07) is 16.1. The van der Waals surface area contributed by atoms with Gasteiger partial charge in [-0.2, -0.15) is 0 Å². The number of ether oxygens (including phenoxy) is 2. The number of nitrogens with zero attached hydrogens (tertiary/aromatic N) is 1. The topological polar surface area (TPSA) is 69.0 Å². The Morgan fingerprint density at radius 3 is 2.50 bits per heavy atom. The van der Waals surface area contributed by atoms with Crippen LogP contribution in [0.15, 0.2) is 63.8 Å². The first kappa shape index (κ1) is 27.8. The number of aryl methyl sites for hydroxylation is 2. The van der Waals surface area contributed by atoms with Crippen LogP contribution in [-0.4, -0.2) is 24.0 Å². The highest BCUT2D eigenvalue weighted by Gasteiger charge is 2.43. The SMILES string of the molecule is CCCCCOc1ccc(C2c3c(oc4c(C)cc(C)cc4c3=O)C(=O)N2Cc2ccccc2Cl)cc1OCC. The van der Waals surface area contributed by atoms with E-state index in [1.807, 2.05) is 69.3 Å². The van der Waals surface area contributed by atoms with Crippen LogP contribution in [0, 0.1) is 13.8 Å². The lowest BCUT2D eigenvalue weighted by Crippen LogP contribution is -2.29. The fraction of sp³-hybridized carbons (Fsp3) is 0.333. The second-order valence-corrected chi connectivity index (χ2v) is 10.7. The zero-order valence-corrected chi connectivity index (χ0v) is 24.1. The molecule has 1 aromatic heterocycles. The number of halogens is 1. The lowest BCUT2D eigenvalue weighted by molar-refractivity contribution is 0.0714. The van der Waals surface area contributed by atoms with Gasteiger partial charge in [-0.15, -0.1) is 0 Å². The Hall–Kier alpha value is -3.77. The monoisotopic (exact) mass is 559 g/mol. The number of fused-ring (bicyclic) bond motifs is 2. The molecule has 6 nitrogen and oxygen atoms in total. The van der Waals surface area contributed by atoms with Crippen LogP contribution in [0.3, 0.4) is 0 Å². The zero-order chi connectivity index (χ0) is 28.4. The van der Waals surface area contributed by atoms with E-state index in [4.69, 9.17) is 25.5 Å². The molecule has 0 saturated carbocycles. The van der Waals surface area contributed by atoms with E-state index < -0.39 is 6.04 Å². The van der Waals surface area contributed by atoms with Crippen LogP contribution in [0.2, 0.25) is 5.02 Å². The maximum Gasteiger partial charge on any atom is 0.291 e. The van der Waals surface area contributed by atoms with Gasteiger partial charge in [0.25, 0.3) is 5.91 Å². The Morgan fingerprint density at radius 1 is 0.950 bits per heavy atom. The van der Waals surface area contributed by atoms with Gasteiger partial charge >= 0.3 is 0 Å². The summed E-state index contributed by atoms with van der Waals surface area (Å²) in [7, 11) is 0. The van der Waals surface area contributed by atoms with Gasteiger partial charge in [-0.3, -0.25) is 9.59 Å². The largest absolute Gasteiger partial charge is 0.490 e. The van der Waals surface area contributed by atoms with Crippen molar-refractivity contribution in [1.82, 2.24) is 4.90 Å². The molecule has 2 heterocycles. The third-order valence-electron chi connectivity index (χ3n) is 7.28. The highest BCUT2D eigenvalue weighted by Crippen LogP contribution is 2.42. The third-order valence-corrected chi connectivity index (χ3v) is 7.65. The average molecular weight is 560 g/mol. The molecule has 1 aliphatic heterocycles. The van der Waals surface area contributed by atoms with Gasteiger partial charge in [0.05, 0.1) is 30.2 Å². The molecule has 0 saturated heterocycles. The molecule has 0 aliphatic carbocycles. The number of benzene rings is 3. The van der Waals surface area contributed by atoms with Gasteiger partial charge in [0.15, 0.2) is 16.9 Å². The number of unbranched alkanes of at least 4 members (excludes halogenated alkanes) is 2. The van der Waals surface area contributed by atoms with E-state index in [1.165, 1.54) is 0 Å². The first-order chi connectivity index (χ1) is 19.3. The first-order valence-electron chi connectivity index (χ1n) is 13.9. The normalized spacial score (nSPS) is 14.6. The van der Waals surface area contributed by atoms with Crippen LogP contribution < -0.4 is 14.9 Å². The number of amides is 1. The molecular formula is C33H34ClNO5. The molecule has 1 atom stereocenters. The van der Waals surface area contributed by atoms with Crippen molar-refractivity contribution in [3.63, 3.8) is 0 Å². The van der Waals surface area contributed by atoms with Crippen molar-refractivity contribution < 1.29 is 18.7 Å².